The van der Waals surface area contributed by atoms with Crippen molar-refractivity contribution >= 4 is 11.5 Å². The SMILES string of the molecule is Cc1cccc(-c2ccn3c(C(=O)O)ccc3c2)c1. The van der Waals surface area contributed by atoms with E-state index in [1.165, 1.54) is 5.56 Å². The lowest BCUT2D eigenvalue weighted by atomic mass is 10.0. The lowest BCUT2D eigenvalue weighted by Gasteiger charge is -2.05. The van der Waals surface area contributed by atoms with Crippen LogP contribution in [-0.4, -0.2) is 15.5 Å². The molecule has 2 aromatic heterocycles. The van der Waals surface area contributed by atoms with E-state index in [4.69, 9.17) is 5.11 Å². The molecule has 0 bridgehead atoms. The normalized spacial score (nSPS) is 10.8. The Bertz CT molecular complexity index is 771. The van der Waals surface area contributed by atoms with Gasteiger partial charge < -0.3 is 9.51 Å². The molecule has 3 heteroatoms. The maximum absolute atomic E-state index is 11.1. The molecule has 1 N–H and O–H groups in total. The average Bonchev–Trinajstić information content (AvgIpc) is 2.81. The molecule has 1 aromatic carbocycles. The third-order valence-corrected chi connectivity index (χ3v) is 3.23. The molecule has 0 atom stereocenters. The second kappa shape index (κ2) is 4.28. The second-order valence-corrected chi connectivity index (χ2v) is 4.60. The number of rotatable bonds is 2. The summed E-state index contributed by atoms with van der Waals surface area (Å²) in [6.07, 6.45) is 1.80. The predicted octanol–water partition coefficient (Wildman–Crippen LogP) is 3.61. The molecule has 0 saturated carbocycles. The lowest BCUT2D eigenvalue weighted by molar-refractivity contribution is 0.0689. The van der Waals surface area contributed by atoms with E-state index < -0.39 is 5.97 Å². The summed E-state index contributed by atoms with van der Waals surface area (Å²) >= 11 is 0. The number of hydrogen-bond acceptors (Lipinski definition) is 1. The Balaban J connectivity index is 2.15. The number of carboxylic acid groups (broad SMARTS) is 1. The third-order valence-electron chi connectivity index (χ3n) is 3.23. The van der Waals surface area contributed by atoms with Gasteiger partial charge in [-0.15, -0.1) is 0 Å². The van der Waals surface area contributed by atoms with Crippen LogP contribution < -0.4 is 0 Å². The zero-order chi connectivity index (χ0) is 13.4. The van der Waals surface area contributed by atoms with Gasteiger partial charge in [-0.25, -0.2) is 4.79 Å². The summed E-state index contributed by atoms with van der Waals surface area (Å²) in [5.41, 5.74) is 4.60. The van der Waals surface area contributed by atoms with Crippen molar-refractivity contribution in [3.05, 3.63) is 66.0 Å². The monoisotopic (exact) mass is 251 g/mol. The predicted molar refractivity (Wildman–Crippen MR) is 74.5 cm³/mol. The highest BCUT2D eigenvalue weighted by atomic mass is 16.4. The first-order chi connectivity index (χ1) is 9.15. The smallest absolute Gasteiger partial charge is 0.352 e. The molecule has 0 aliphatic carbocycles. The van der Waals surface area contributed by atoms with Gasteiger partial charge in [0, 0.05) is 11.7 Å². The molecule has 3 nitrogen and oxygen atoms in total. The Labute approximate surface area is 110 Å². The Kier molecular flexibility index (Phi) is 2.60. The zero-order valence-electron chi connectivity index (χ0n) is 10.5. The molecule has 0 saturated heterocycles. The number of benzene rings is 1. The van der Waals surface area contributed by atoms with Crippen LogP contribution in [0.4, 0.5) is 0 Å². The number of aryl methyl sites for hydroxylation is 1. The van der Waals surface area contributed by atoms with Crippen molar-refractivity contribution in [3.63, 3.8) is 0 Å². The van der Waals surface area contributed by atoms with Gasteiger partial charge in [-0.2, -0.15) is 0 Å². The van der Waals surface area contributed by atoms with Crippen molar-refractivity contribution in [3.8, 4) is 11.1 Å². The zero-order valence-corrected chi connectivity index (χ0v) is 10.5. The van der Waals surface area contributed by atoms with E-state index in [9.17, 15) is 4.79 Å². The molecular formula is C16H13NO2. The van der Waals surface area contributed by atoms with Crippen molar-refractivity contribution in [1.29, 1.82) is 0 Å². The molecular weight excluding hydrogens is 238 g/mol. The van der Waals surface area contributed by atoms with E-state index in [1.54, 1.807) is 16.7 Å². The fourth-order valence-corrected chi connectivity index (χ4v) is 2.29. The van der Waals surface area contributed by atoms with Gasteiger partial charge in [-0.05, 0) is 42.3 Å². The van der Waals surface area contributed by atoms with Crippen LogP contribution in [0.25, 0.3) is 16.6 Å². The molecule has 19 heavy (non-hydrogen) atoms. The third kappa shape index (κ3) is 1.99. The fourth-order valence-electron chi connectivity index (χ4n) is 2.29. The van der Waals surface area contributed by atoms with Crippen LogP contribution in [0, 0.1) is 6.92 Å². The minimum atomic E-state index is -0.914. The van der Waals surface area contributed by atoms with Gasteiger partial charge in [0.1, 0.15) is 5.69 Å². The van der Waals surface area contributed by atoms with Gasteiger partial charge in [-0.1, -0.05) is 29.8 Å². The van der Waals surface area contributed by atoms with Gasteiger partial charge in [0.05, 0.1) is 0 Å². The fraction of sp³-hybridized carbons (Fsp3) is 0.0625. The molecule has 94 valence electrons. The first-order valence-corrected chi connectivity index (χ1v) is 6.06. The van der Waals surface area contributed by atoms with E-state index in [2.05, 4.69) is 25.1 Å². The van der Waals surface area contributed by atoms with Crippen molar-refractivity contribution in [2.45, 2.75) is 6.92 Å². The maximum atomic E-state index is 11.1. The van der Waals surface area contributed by atoms with Crippen molar-refractivity contribution in [2.24, 2.45) is 0 Å². The van der Waals surface area contributed by atoms with Crippen LogP contribution in [0.5, 0.6) is 0 Å². The molecule has 0 spiro atoms. The van der Waals surface area contributed by atoms with E-state index in [0.29, 0.717) is 0 Å². The average molecular weight is 251 g/mol. The van der Waals surface area contributed by atoms with Crippen molar-refractivity contribution in [2.75, 3.05) is 0 Å². The van der Waals surface area contributed by atoms with Crippen LogP contribution >= 0.6 is 0 Å². The number of fused-ring (bicyclic) bond motifs is 1. The molecule has 0 amide bonds. The van der Waals surface area contributed by atoms with Crippen LogP contribution in [0.3, 0.4) is 0 Å². The summed E-state index contributed by atoms with van der Waals surface area (Å²) in [5, 5.41) is 9.07. The van der Waals surface area contributed by atoms with Crippen molar-refractivity contribution < 1.29 is 9.90 Å². The quantitative estimate of drug-likeness (QED) is 0.756. The second-order valence-electron chi connectivity index (χ2n) is 4.60. The highest BCUT2D eigenvalue weighted by molar-refractivity contribution is 5.88. The topological polar surface area (TPSA) is 41.7 Å². The number of aromatic nitrogens is 1. The number of aromatic carboxylic acids is 1. The molecule has 2 heterocycles. The lowest BCUT2D eigenvalue weighted by Crippen LogP contribution is -2.00. The highest BCUT2D eigenvalue weighted by Gasteiger charge is 2.09. The van der Waals surface area contributed by atoms with Crippen LogP contribution in [0.2, 0.25) is 0 Å². The maximum Gasteiger partial charge on any atom is 0.352 e. The Hall–Kier alpha value is -2.55. The molecule has 3 rings (SSSR count). The summed E-state index contributed by atoms with van der Waals surface area (Å²) < 4.78 is 1.68. The molecule has 0 fully saturated rings. The van der Waals surface area contributed by atoms with Gasteiger partial charge in [-0.3, -0.25) is 0 Å². The van der Waals surface area contributed by atoms with E-state index >= 15 is 0 Å². The van der Waals surface area contributed by atoms with Gasteiger partial charge in [0.15, 0.2) is 0 Å². The van der Waals surface area contributed by atoms with E-state index in [0.717, 1.165) is 16.6 Å². The Morgan fingerprint density at radius 1 is 1.05 bits per heavy atom. The van der Waals surface area contributed by atoms with Gasteiger partial charge >= 0.3 is 5.97 Å². The summed E-state index contributed by atoms with van der Waals surface area (Å²) in [7, 11) is 0. The van der Waals surface area contributed by atoms with E-state index in [-0.39, 0.29) is 5.69 Å². The summed E-state index contributed by atoms with van der Waals surface area (Å²) in [5.74, 6) is -0.914. The number of carboxylic acids is 1. The minimum absolute atomic E-state index is 0.283. The summed E-state index contributed by atoms with van der Waals surface area (Å²) in [4.78, 5) is 11.1. The Morgan fingerprint density at radius 2 is 1.84 bits per heavy atom. The Morgan fingerprint density at radius 3 is 2.58 bits per heavy atom. The van der Waals surface area contributed by atoms with Gasteiger partial charge in [0.2, 0.25) is 0 Å². The van der Waals surface area contributed by atoms with Crippen LogP contribution in [0.1, 0.15) is 16.1 Å². The molecule has 0 aliphatic heterocycles. The van der Waals surface area contributed by atoms with E-state index in [1.807, 2.05) is 24.3 Å². The number of hydrogen-bond donors (Lipinski definition) is 1. The number of carbonyl (C=O) groups is 1. The highest BCUT2D eigenvalue weighted by Crippen LogP contribution is 2.23. The number of nitrogens with zero attached hydrogens (tertiary/aromatic N) is 1. The van der Waals surface area contributed by atoms with Crippen LogP contribution in [0.15, 0.2) is 54.7 Å². The molecule has 0 aliphatic rings. The first kappa shape index (κ1) is 11.5. The summed E-state index contributed by atoms with van der Waals surface area (Å²) in [6.45, 7) is 2.06. The van der Waals surface area contributed by atoms with Crippen molar-refractivity contribution in [1.82, 2.24) is 4.40 Å². The molecule has 0 radical (unpaired) electrons. The largest absolute Gasteiger partial charge is 0.477 e. The first-order valence-electron chi connectivity index (χ1n) is 6.06. The summed E-state index contributed by atoms with van der Waals surface area (Å²) in [6, 6.07) is 15.6. The number of pyridine rings is 1. The van der Waals surface area contributed by atoms with Gasteiger partial charge in [0.25, 0.3) is 0 Å². The standard InChI is InChI=1S/C16H13NO2/c1-11-3-2-4-12(9-11)13-7-8-17-14(10-13)5-6-15(17)16(18)19/h2-10H,1H3,(H,18,19). The molecule has 0 unspecified atom stereocenters. The molecule has 3 aromatic rings. The van der Waals surface area contributed by atoms with Crippen LogP contribution in [-0.2, 0) is 0 Å². The minimum Gasteiger partial charge on any atom is -0.477 e.